The van der Waals surface area contributed by atoms with E-state index < -0.39 is 0 Å². The average molecular weight is 716 g/mol. The molecule has 8 aromatic carbocycles. The van der Waals surface area contributed by atoms with Crippen LogP contribution in [0, 0.1) is 0 Å². The Morgan fingerprint density at radius 1 is 0.255 bits per heavy atom. The number of nitrogens with zero attached hydrogens (tertiary/aromatic N) is 2. The maximum atomic E-state index is 2.37. The van der Waals surface area contributed by atoms with Crippen molar-refractivity contribution < 1.29 is 0 Å². The molecule has 2 heterocycles. The fourth-order valence-corrected chi connectivity index (χ4v) is 9.29. The number of hydrogen-bond donors (Lipinski definition) is 0. The summed E-state index contributed by atoms with van der Waals surface area (Å²) in [5.41, 5.74) is 12.2. The molecule has 51 heavy (non-hydrogen) atoms. The van der Waals surface area contributed by atoms with Crippen LogP contribution >= 0.6 is 0 Å². The van der Waals surface area contributed by atoms with Crippen molar-refractivity contribution in [1.29, 1.82) is 0 Å². The number of para-hydroxylation sites is 4. The topological polar surface area (TPSA) is 9.86 Å². The molecular formula is C48H32N2Se. The summed E-state index contributed by atoms with van der Waals surface area (Å²) in [5.74, 6) is 0. The molecule has 2 nitrogen and oxygen atoms in total. The van der Waals surface area contributed by atoms with E-state index in [9.17, 15) is 0 Å². The van der Waals surface area contributed by atoms with E-state index in [1.807, 2.05) is 0 Å². The van der Waals surface area contributed by atoms with Crippen molar-refractivity contribution in [2.45, 2.75) is 0 Å². The van der Waals surface area contributed by atoms with Gasteiger partial charge in [-0.15, -0.1) is 0 Å². The molecule has 0 spiro atoms. The van der Waals surface area contributed by atoms with Crippen molar-refractivity contribution in [3.63, 3.8) is 0 Å². The minimum absolute atomic E-state index is 0.234. The zero-order valence-corrected chi connectivity index (χ0v) is 29.5. The van der Waals surface area contributed by atoms with Crippen LogP contribution in [0.3, 0.4) is 0 Å². The number of aromatic nitrogens is 2. The van der Waals surface area contributed by atoms with Crippen LogP contribution in [-0.2, 0) is 0 Å². The summed E-state index contributed by atoms with van der Waals surface area (Å²) in [6.07, 6.45) is 0. The van der Waals surface area contributed by atoms with Gasteiger partial charge in [0.2, 0.25) is 0 Å². The van der Waals surface area contributed by atoms with Crippen LogP contribution < -0.4 is 8.92 Å². The normalized spacial score (nSPS) is 11.6. The summed E-state index contributed by atoms with van der Waals surface area (Å²) in [7, 11) is 0. The standard InChI is InChI=1S/C48H32N2Se/c1-5-13-45-41(9-1)42-10-2-6-14-46(42)49(45)37-25-17-33(18-26-37)35-21-29-39(30-22-35)51-40-31-23-36(24-32-40)34-19-27-38(28-20-34)50-47-15-7-3-11-43(47)44-12-4-8-16-48(44)50/h1-32H. The summed E-state index contributed by atoms with van der Waals surface area (Å²) >= 11 is 0.234. The molecule has 0 aliphatic heterocycles. The van der Waals surface area contributed by atoms with Crippen molar-refractivity contribution >= 4 is 67.5 Å². The number of fused-ring (bicyclic) bond motifs is 6. The van der Waals surface area contributed by atoms with Crippen LogP contribution in [-0.4, -0.2) is 24.1 Å². The van der Waals surface area contributed by atoms with E-state index >= 15 is 0 Å². The summed E-state index contributed by atoms with van der Waals surface area (Å²) in [5, 5.41) is 5.15. The fourth-order valence-electron chi connectivity index (χ4n) is 7.57. The van der Waals surface area contributed by atoms with Crippen LogP contribution in [0.4, 0.5) is 0 Å². The van der Waals surface area contributed by atoms with Gasteiger partial charge >= 0.3 is 280 Å². The van der Waals surface area contributed by atoms with E-state index in [-0.39, 0.29) is 15.0 Å². The molecule has 10 aromatic rings. The monoisotopic (exact) mass is 716 g/mol. The Kier molecular flexibility index (Phi) is 7.20. The predicted molar refractivity (Wildman–Crippen MR) is 217 cm³/mol. The minimum atomic E-state index is 0.234. The first-order chi connectivity index (χ1) is 25.3. The van der Waals surface area contributed by atoms with E-state index in [1.54, 1.807) is 0 Å². The molecule has 0 aliphatic carbocycles. The summed E-state index contributed by atoms with van der Waals surface area (Å²) < 4.78 is 7.48. The van der Waals surface area contributed by atoms with E-state index in [4.69, 9.17) is 0 Å². The molecule has 2 aromatic heterocycles. The molecule has 0 saturated heterocycles. The Morgan fingerprint density at radius 2 is 0.510 bits per heavy atom. The summed E-state index contributed by atoms with van der Waals surface area (Å²) in [6, 6.07) is 70.8. The molecule has 240 valence electrons. The number of rotatable bonds is 6. The van der Waals surface area contributed by atoms with Crippen molar-refractivity contribution in [1.82, 2.24) is 9.13 Å². The van der Waals surface area contributed by atoms with Crippen molar-refractivity contribution in [3.05, 3.63) is 194 Å². The molecule has 0 radical (unpaired) electrons. The third kappa shape index (κ3) is 5.18. The molecule has 0 amide bonds. The van der Waals surface area contributed by atoms with Crippen LogP contribution in [0.25, 0.3) is 77.2 Å². The maximum absolute atomic E-state index is 2.37. The van der Waals surface area contributed by atoms with Crippen LogP contribution in [0.2, 0.25) is 0 Å². The van der Waals surface area contributed by atoms with Gasteiger partial charge in [-0.1, -0.05) is 24.3 Å². The first-order valence-electron chi connectivity index (χ1n) is 17.3. The third-order valence-electron chi connectivity index (χ3n) is 10.0. The number of benzene rings is 8. The number of hydrogen-bond acceptors (Lipinski definition) is 0. The second-order valence-electron chi connectivity index (χ2n) is 13.0. The van der Waals surface area contributed by atoms with E-state index in [2.05, 4.69) is 203 Å². The molecule has 10 rings (SSSR count). The molecule has 0 bridgehead atoms. The molecular weight excluding hydrogens is 684 g/mol. The van der Waals surface area contributed by atoms with Crippen LogP contribution in [0.5, 0.6) is 0 Å². The molecule has 3 heteroatoms. The summed E-state index contributed by atoms with van der Waals surface area (Å²) in [6.45, 7) is 0. The molecule has 0 atom stereocenters. The van der Waals surface area contributed by atoms with Gasteiger partial charge < -0.3 is 0 Å². The van der Waals surface area contributed by atoms with Crippen molar-refractivity contribution in [2.75, 3.05) is 0 Å². The molecule has 0 unspecified atom stereocenters. The second kappa shape index (κ2) is 12.3. The first-order valence-corrected chi connectivity index (χ1v) is 19.1. The van der Waals surface area contributed by atoms with Gasteiger partial charge in [-0.3, -0.25) is 0 Å². The van der Waals surface area contributed by atoms with E-state index in [1.165, 1.54) is 86.2 Å². The SMILES string of the molecule is c1ccc2c(c1)c1ccccc1n2-c1ccc(-c2ccc([Se]c3ccc(-c4ccc(-n5c6ccccc6c6ccccc65)cc4)cc3)cc2)cc1. The van der Waals surface area contributed by atoms with Gasteiger partial charge in [-0.25, -0.2) is 0 Å². The molecule has 0 aliphatic rings. The van der Waals surface area contributed by atoms with Gasteiger partial charge in [0.1, 0.15) is 0 Å². The van der Waals surface area contributed by atoms with Gasteiger partial charge in [-0.2, -0.15) is 0 Å². The predicted octanol–water partition coefficient (Wildman–Crippen LogP) is 10.9. The fraction of sp³-hybridized carbons (Fsp3) is 0. The van der Waals surface area contributed by atoms with E-state index in [0.717, 1.165) is 0 Å². The average Bonchev–Trinajstić information content (AvgIpc) is 3.72. The van der Waals surface area contributed by atoms with Gasteiger partial charge in [-0.05, 0) is 0 Å². The molecule has 0 saturated carbocycles. The Morgan fingerprint density at radius 3 is 0.804 bits per heavy atom. The van der Waals surface area contributed by atoms with Crippen molar-refractivity contribution in [2.24, 2.45) is 0 Å². The Bertz CT molecular complexity index is 2540. The van der Waals surface area contributed by atoms with Crippen molar-refractivity contribution in [3.8, 4) is 33.6 Å². The third-order valence-corrected chi connectivity index (χ3v) is 12.2. The van der Waals surface area contributed by atoms with Gasteiger partial charge in [0.25, 0.3) is 0 Å². The van der Waals surface area contributed by atoms with Gasteiger partial charge in [0.15, 0.2) is 0 Å². The quantitative estimate of drug-likeness (QED) is 0.152. The van der Waals surface area contributed by atoms with Crippen LogP contribution in [0.15, 0.2) is 194 Å². The first kappa shape index (κ1) is 29.8. The summed E-state index contributed by atoms with van der Waals surface area (Å²) in [4.78, 5) is 0. The Balaban J connectivity index is 0.853. The Labute approximate surface area is 303 Å². The van der Waals surface area contributed by atoms with Gasteiger partial charge in [0.05, 0.1) is 0 Å². The van der Waals surface area contributed by atoms with Gasteiger partial charge in [0, 0.05) is 0 Å². The second-order valence-corrected chi connectivity index (χ2v) is 15.4. The Hall–Kier alpha value is -6.12. The molecule has 0 N–H and O–H groups in total. The zero-order valence-electron chi connectivity index (χ0n) is 27.8. The molecule has 0 fully saturated rings. The zero-order chi connectivity index (χ0) is 33.7. The van der Waals surface area contributed by atoms with E-state index in [0.29, 0.717) is 0 Å². The van der Waals surface area contributed by atoms with Crippen LogP contribution in [0.1, 0.15) is 0 Å².